The second kappa shape index (κ2) is 13.9. The van der Waals surface area contributed by atoms with Crippen molar-refractivity contribution in [1.29, 1.82) is 0 Å². The van der Waals surface area contributed by atoms with Crippen LogP contribution in [0.15, 0.2) is 158 Å². The number of aromatic nitrogens is 2. The molecule has 2 aromatic heterocycles. The number of alkyl halides is 3. The molecule has 0 spiro atoms. The first-order valence-corrected chi connectivity index (χ1v) is 19.9. The molecule has 0 N–H and O–H groups in total. The number of hydrogen-bond acceptors (Lipinski definition) is 0. The smallest absolute Gasteiger partial charge is 0.309 e. The van der Waals surface area contributed by atoms with Gasteiger partial charge in [0.2, 0.25) is 0 Å². The van der Waals surface area contributed by atoms with E-state index in [4.69, 9.17) is 6.57 Å². The third-order valence-corrected chi connectivity index (χ3v) is 11.7. The Morgan fingerprint density at radius 1 is 0.433 bits per heavy atom. The van der Waals surface area contributed by atoms with Crippen LogP contribution in [0.5, 0.6) is 0 Å². The maximum absolute atomic E-state index is 15.6. The minimum absolute atomic E-state index is 0.0107. The highest BCUT2D eigenvalue weighted by molar-refractivity contribution is 6.13. The molecule has 60 heavy (non-hydrogen) atoms. The van der Waals surface area contributed by atoms with Gasteiger partial charge in [-0.05, 0) is 110 Å². The van der Waals surface area contributed by atoms with Gasteiger partial charge in [0.05, 0.1) is 45.6 Å². The summed E-state index contributed by atoms with van der Waals surface area (Å²) in [4.78, 5) is 3.79. The van der Waals surface area contributed by atoms with Gasteiger partial charge < -0.3 is 9.13 Å². The second-order valence-electron chi connectivity index (χ2n) is 15.9. The maximum Gasteiger partial charge on any atom is 0.418 e. The van der Waals surface area contributed by atoms with Crippen molar-refractivity contribution in [3.05, 3.63) is 197 Å². The van der Waals surface area contributed by atoms with Gasteiger partial charge in [-0.25, -0.2) is 4.85 Å². The molecule has 3 nitrogen and oxygen atoms in total. The van der Waals surface area contributed by atoms with Crippen molar-refractivity contribution in [1.82, 2.24) is 9.13 Å². The molecule has 0 fully saturated rings. The van der Waals surface area contributed by atoms with E-state index in [0.717, 1.165) is 72.0 Å². The monoisotopic (exact) mass is 785 g/mol. The lowest BCUT2D eigenvalue weighted by Gasteiger charge is -2.22. The number of rotatable bonds is 5. The van der Waals surface area contributed by atoms with E-state index >= 15 is 13.2 Å². The molecule has 0 unspecified atom stereocenters. The Hall–Kier alpha value is -7.36. The molecular weight excluding hydrogens is 748 g/mol. The molecule has 10 rings (SSSR count). The van der Waals surface area contributed by atoms with Crippen molar-refractivity contribution in [3.63, 3.8) is 0 Å². The molecular formula is C54H38F3N3. The van der Waals surface area contributed by atoms with Crippen LogP contribution >= 0.6 is 0 Å². The highest BCUT2D eigenvalue weighted by Crippen LogP contribution is 2.47. The predicted molar refractivity (Wildman–Crippen MR) is 242 cm³/mol. The molecule has 0 aliphatic rings. The quantitative estimate of drug-likeness (QED) is 0.154. The Kier molecular flexibility index (Phi) is 8.55. The van der Waals surface area contributed by atoms with Gasteiger partial charge in [-0.1, -0.05) is 125 Å². The van der Waals surface area contributed by atoms with Gasteiger partial charge in [-0.3, -0.25) is 0 Å². The summed E-state index contributed by atoms with van der Waals surface area (Å²) in [6.45, 7) is 16.4. The number of aryl methyl sites for hydroxylation is 4. The summed E-state index contributed by atoms with van der Waals surface area (Å²) in [7, 11) is 0. The minimum Gasteiger partial charge on any atom is -0.309 e. The van der Waals surface area contributed by atoms with Crippen molar-refractivity contribution >= 4 is 49.3 Å². The van der Waals surface area contributed by atoms with Gasteiger partial charge in [-0.15, -0.1) is 0 Å². The van der Waals surface area contributed by atoms with Crippen LogP contribution in [-0.4, -0.2) is 9.13 Å². The van der Waals surface area contributed by atoms with Crippen molar-refractivity contribution in [2.24, 2.45) is 0 Å². The first-order chi connectivity index (χ1) is 29.0. The fourth-order valence-corrected chi connectivity index (χ4v) is 9.32. The van der Waals surface area contributed by atoms with Crippen molar-refractivity contribution in [3.8, 4) is 44.8 Å². The van der Waals surface area contributed by atoms with E-state index in [-0.39, 0.29) is 5.69 Å². The summed E-state index contributed by atoms with van der Waals surface area (Å²) in [6.07, 6.45) is -4.70. The highest BCUT2D eigenvalue weighted by Gasteiger charge is 2.36. The zero-order valence-corrected chi connectivity index (χ0v) is 33.5. The molecule has 2 heterocycles. The molecule has 0 saturated carbocycles. The first-order valence-electron chi connectivity index (χ1n) is 19.9. The van der Waals surface area contributed by atoms with Gasteiger partial charge >= 0.3 is 6.18 Å². The second-order valence-corrected chi connectivity index (χ2v) is 15.9. The average molecular weight is 786 g/mol. The lowest BCUT2D eigenvalue weighted by molar-refractivity contribution is -0.137. The van der Waals surface area contributed by atoms with Crippen LogP contribution in [0.4, 0.5) is 18.9 Å². The largest absolute Gasteiger partial charge is 0.418 e. The van der Waals surface area contributed by atoms with E-state index in [1.54, 1.807) is 22.8 Å². The average Bonchev–Trinajstić information content (AvgIpc) is 3.74. The molecule has 0 radical (unpaired) electrons. The van der Waals surface area contributed by atoms with Crippen LogP contribution < -0.4 is 0 Å². The normalized spacial score (nSPS) is 11.9. The molecule has 10 aromatic rings. The van der Waals surface area contributed by atoms with Crippen molar-refractivity contribution < 1.29 is 13.2 Å². The first kappa shape index (κ1) is 36.9. The SMILES string of the molecule is [C-]#[N+]c1ccc(-n2c3ccccc3c3cc(-c4cc(C)cc(C)c4)ccc32)c(-c2cccc(C(F)(F)F)c2-n2c3ccccc3c3cc(-c4cc(C)cc(C)c4)ccc32)c1. The van der Waals surface area contributed by atoms with E-state index in [1.165, 1.54) is 17.2 Å². The summed E-state index contributed by atoms with van der Waals surface area (Å²) >= 11 is 0. The van der Waals surface area contributed by atoms with Gasteiger partial charge in [0.1, 0.15) is 0 Å². The Balaban J connectivity index is 1.27. The van der Waals surface area contributed by atoms with Crippen LogP contribution in [-0.2, 0) is 6.18 Å². The van der Waals surface area contributed by atoms with E-state index in [9.17, 15) is 0 Å². The molecule has 0 saturated heterocycles. The van der Waals surface area contributed by atoms with Gasteiger partial charge in [0.25, 0.3) is 0 Å². The third kappa shape index (κ3) is 6.05. The predicted octanol–water partition coefficient (Wildman–Crippen LogP) is 15.7. The summed E-state index contributed by atoms with van der Waals surface area (Å²) in [5.74, 6) is 0. The van der Waals surface area contributed by atoms with Gasteiger partial charge in [-0.2, -0.15) is 13.2 Å². The van der Waals surface area contributed by atoms with Gasteiger partial charge in [0.15, 0.2) is 5.69 Å². The van der Waals surface area contributed by atoms with Crippen LogP contribution in [0.2, 0.25) is 0 Å². The summed E-state index contributed by atoms with van der Waals surface area (Å²) in [5, 5.41) is 3.74. The molecule has 0 bridgehead atoms. The van der Waals surface area contributed by atoms with E-state index in [2.05, 4.69) is 104 Å². The lowest BCUT2D eigenvalue weighted by Crippen LogP contribution is -2.12. The number of benzene rings is 8. The van der Waals surface area contributed by atoms with Crippen LogP contribution in [0.1, 0.15) is 27.8 Å². The van der Waals surface area contributed by atoms with E-state index in [1.807, 2.05) is 60.7 Å². The topological polar surface area (TPSA) is 14.2 Å². The number of halogens is 3. The Labute approximate surface area is 346 Å². The fourth-order valence-electron chi connectivity index (χ4n) is 9.32. The number of fused-ring (bicyclic) bond motifs is 6. The molecule has 0 atom stereocenters. The minimum atomic E-state index is -4.70. The van der Waals surface area contributed by atoms with Crippen molar-refractivity contribution in [2.45, 2.75) is 33.9 Å². The summed E-state index contributed by atoms with van der Waals surface area (Å²) in [6, 6.07) is 50.9. The zero-order valence-electron chi connectivity index (χ0n) is 33.5. The third-order valence-electron chi connectivity index (χ3n) is 11.7. The molecule has 0 amide bonds. The highest BCUT2D eigenvalue weighted by atomic mass is 19.4. The lowest BCUT2D eigenvalue weighted by atomic mass is 9.96. The summed E-state index contributed by atoms with van der Waals surface area (Å²) in [5.41, 5.74) is 13.1. The maximum atomic E-state index is 15.6. The molecule has 0 aliphatic carbocycles. The molecule has 0 aliphatic heterocycles. The van der Waals surface area contributed by atoms with E-state index < -0.39 is 11.7 Å². The number of para-hydroxylation sites is 3. The van der Waals surface area contributed by atoms with Crippen LogP contribution in [0.3, 0.4) is 0 Å². The molecule has 6 heteroatoms. The Morgan fingerprint density at radius 3 is 1.47 bits per heavy atom. The van der Waals surface area contributed by atoms with Gasteiger partial charge in [0, 0.05) is 27.1 Å². The standard InChI is InChI=1S/C54H38F3N3/c1-32-23-33(2)26-38(25-32)36-17-20-50-44(29-36)41-11-6-8-15-48(41)59(50)51-22-19-40(58-5)31-46(51)43-13-10-14-47(54(55,56)57)53(43)60-49-16-9-7-12-42(49)45-30-37(18-21-52(45)60)39-27-34(3)24-35(4)28-39/h6-31H,1-4H3. The Morgan fingerprint density at radius 2 is 0.933 bits per heavy atom. The zero-order chi connectivity index (χ0) is 41.4. The molecule has 290 valence electrons. The number of nitrogens with zero attached hydrogens (tertiary/aromatic N) is 3. The fraction of sp³-hybridized carbons (Fsp3) is 0.0926. The summed E-state index contributed by atoms with van der Waals surface area (Å²) < 4.78 is 50.7. The van der Waals surface area contributed by atoms with E-state index in [0.29, 0.717) is 33.5 Å². The van der Waals surface area contributed by atoms with Crippen LogP contribution in [0.25, 0.3) is 93.2 Å². The molecule has 8 aromatic carbocycles. The van der Waals surface area contributed by atoms with Crippen molar-refractivity contribution in [2.75, 3.05) is 0 Å². The van der Waals surface area contributed by atoms with Crippen LogP contribution in [0, 0.1) is 34.3 Å². The number of hydrogen-bond donors (Lipinski definition) is 0. The Bertz CT molecular complexity index is 3390.